The number of aromatic amines is 1. The molecule has 0 amide bonds. The number of hydrogen-bond acceptors (Lipinski definition) is 2. The molecule has 3 aromatic rings. The summed E-state index contributed by atoms with van der Waals surface area (Å²) >= 11 is 0. The van der Waals surface area contributed by atoms with Crippen LogP contribution < -0.4 is 5.56 Å². The predicted molar refractivity (Wildman–Crippen MR) is 104 cm³/mol. The molecular formula is C22H19N3O. The summed E-state index contributed by atoms with van der Waals surface area (Å²) in [4.78, 5) is 15.4. The molecule has 0 fully saturated rings. The summed E-state index contributed by atoms with van der Waals surface area (Å²) in [5.74, 6) is 0. The van der Waals surface area contributed by atoms with Crippen molar-refractivity contribution in [3.8, 4) is 28.6 Å². The Hall–Kier alpha value is -3.32. The van der Waals surface area contributed by atoms with Crippen LogP contribution in [0.4, 0.5) is 0 Å². The van der Waals surface area contributed by atoms with Gasteiger partial charge in [-0.1, -0.05) is 36.9 Å². The van der Waals surface area contributed by atoms with E-state index in [1.54, 1.807) is 6.20 Å². The monoisotopic (exact) mass is 341 g/mol. The summed E-state index contributed by atoms with van der Waals surface area (Å²) < 4.78 is 2.04. The second-order valence-electron chi connectivity index (χ2n) is 6.54. The summed E-state index contributed by atoms with van der Waals surface area (Å²) in [7, 11) is 0. The average Bonchev–Trinajstić information content (AvgIpc) is 3.06. The van der Waals surface area contributed by atoms with Crippen LogP contribution in [0.3, 0.4) is 0 Å². The van der Waals surface area contributed by atoms with Crippen molar-refractivity contribution < 1.29 is 0 Å². The van der Waals surface area contributed by atoms with E-state index in [0.29, 0.717) is 11.3 Å². The van der Waals surface area contributed by atoms with Gasteiger partial charge in [-0.2, -0.15) is 5.26 Å². The minimum atomic E-state index is -0.362. The summed E-state index contributed by atoms with van der Waals surface area (Å²) in [6.45, 7) is 3.95. The zero-order chi connectivity index (χ0) is 18.1. The molecule has 4 nitrogen and oxygen atoms in total. The van der Waals surface area contributed by atoms with Crippen LogP contribution in [0, 0.1) is 11.3 Å². The van der Waals surface area contributed by atoms with Crippen molar-refractivity contribution in [3.05, 3.63) is 76.2 Å². The quantitative estimate of drug-likeness (QED) is 0.769. The third-order valence-corrected chi connectivity index (χ3v) is 5.03. The zero-order valence-corrected chi connectivity index (χ0v) is 14.5. The molecule has 0 saturated carbocycles. The van der Waals surface area contributed by atoms with E-state index >= 15 is 0 Å². The molecule has 128 valence electrons. The van der Waals surface area contributed by atoms with Crippen molar-refractivity contribution >= 4 is 6.20 Å². The number of nitrogens with zero attached hydrogens (tertiary/aromatic N) is 2. The maximum atomic E-state index is 12.6. The van der Waals surface area contributed by atoms with Gasteiger partial charge >= 0.3 is 0 Å². The lowest BCUT2D eigenvalue weighted by atomic mass is 9.97. The maximum absolute atomic E-state index is 12.6. The molecule has 26 heavy (non-hydrogen) atoms. The third kappa shape index (κ3) is 2.58. The number of nitriles is 1. The number of benzene rings is 1. The summed E-state index contributed by atoms with van der Waals surface area (Å²) in [6, 6.07) is 15.8. The van der Waals surface area contributed by atoms with Gasteiger partial charge in [0, 0.05) is 23.2 Å². The number of aromatic nitrogens is 2. The molecule has 2 aromatic heterocycles. The van der Waals surface area contributed by atoms with E-state index in [9.17, 15) is 10.1 Å². The largest absolute Gasteiger partial charge is 0.321 e. The first-order valence-electron chi connectivity index (χ1n) is 8.81. The number of H-pyrrole nitrogens is 1. The van der Waals surface area contributed by atoms with E-state index in [0.717, 1.165) is 30.5 Å². The van der Waals surface area contributed by atoms with Crippen molar-refractivity contribution in [1.29, 1.82) is 5.26 Å². The predicted octanol–water partition coefficient (Wildman–Crippen LogP) is 4.36. The molecule has 1 N–H and O–H groups in total. The molecule has 4 rings (SSSR count). The van der Waals surface area contributed by atoms with Crippen LogP contribution in [0.25, 0.3) is 28.7 Å². The molecule has 0 spiro atoms. The average molecular weight is 341 g/mol. The van der Waals surface area contributed by atoms with Gasteiger partial charge in [-0.15, -0.1) is 0 Å². The van der Waals surface area contributed by atoms with Crippen LogP contribution >= 0.6 is 0 Å². The van der Waals surface area contributed by atoms with Crippen LogP contribution in [0.2, 0.25) is 0 Å². The highest BCUT2D eigenvalue weighted by Gasteiger charge is 2.21. The van der Waals surface area contributed by atoms with Crippen molar-refractivity contribution in [2.75, 3.05) is 0 Å². The first-order valence-corrected chi connectivity index (χ1v) is 8.81. The second-order valence-corrected chi connectivity index (χ2v) is 6.54. The molecule has 0 radical (unpaired) electrons. The lowest BCUT2D eigenvalue weighted by Gasteiger charge is -2.14. The Kier molecular flexibility index (Phi) is 4.06. The van der Waals surface area contributed by atoms with E-state index in [2.05, 4.69) is 23.7 Å². The standard InChI is InChI=1S/C22H19N3O/c1-2-25-20-11-7-6-10-16(20)12-21(25)17-13-19(15-8-4-3-5-9-15)24-22(26)18(17)14-23/h2-5,8-9,12-13H,1,6-7,10-11H2,(H,24,26). The highest BCUT2D eigenvalue weighted by molar-refractivity contribution is 5.76. The lowest BCUT2D eigenvalue weighted by molar-refractivity contribution is 0.668. The van der Waals surface area contributed by atoms with Gasteiger partial charge in [0.05, 0.1) is 5.69 Å². The van der Waals surface area contributed by atoms with Crippen LogP contribution in [0.1, 0.15) is 29.7 Å². The van der Waals surface area contributed by atoms with Gasteiger partial charge in [-0.3, -0.25) is 4.79 Å². The summed E-state index contributed by atoms with van der Waals surface area (Å²) in [5.41, 5.74) is 5.46. The van der Waals surface area contributed by atoms with Crippen LogP contribution in [-0.2, 0) is 12.8 Å². The van der Waals surface area contributed by atoms with E-state index in [1.807, 2.05) is 41.0 Å². The van der Waals surface area contributed by atoms with Crippen molar-refractivity contribution in [2.45, 2.75) is 25.7 Å². The van der Waals surface area contributed by atoms with E-state index in [-0.39, 0.29) is 11.1 Å². The summed E-state index contributed by atoms with van der Waals surface area (Å²) in [6.07, 6.45) is 6.13. The van der Waals surface area contributed by atoms with E-state index in [4.69, 9.17) is 0 Å². The smallest absolute Gasteiger partial charge is 0.267 e. The molecule has 1 aliphatic carbocycles. The SMILES string of the molecule is C=Cn1c(-c2cc(-c3ccccc3)[nH]c(=O)c2C#N)cc2c1CCCC2. The Bertz CT molecular complexity index is 1080. The molecule has 0 aliphatic heterocycles. The van der Waals surface area contributed by atoms with Crippen LogP contribution in [0.15, 0.2) is 53.8 Å². The lowest BCUT2D eigenvalue weighted by Crippen LogP contribution is -2.13. The number of aryl methyl sites for hydroxylation is 1. The number of hydrogen-bond donors (Lipinski definition) is 1. The van der Waals surface area contributed by atoms with Crippen LogP contribution in [0.5, 0.6) is 0 Å². The van der Waals surface area contributed by atoms with Gasteiger partial charge in [0.15, 0.2) is 0 Å². The highest BCUT2D eigenvalue weighted by Crippen LogP contribution is 2.33. The van der Waals surface area contributed by atoms with Gasteiger partial charge in [-0.25, -0.2) is 0 Å². The fourth-order valence-electron chi connectivity index (χ4n) is 3.79. The van der Waals surface area contributed by atoms with Crippen molar-refractivity contribution in [1.82, 2.24) is 9.55 Å². The first-order chi connectivity index (χ1) is 12.7. The van der Waals surface area contributed by atoms with Gasteiger partial charge in [-0.05, 0) is 48.9 Å². The van der Waals surface area contributed by atoms with Gasteiger partial charge in [0.25, 0.3) is 5.56 Å². The van der Waals surface area contributed by atoms with E-state index < -0.39 is 0 Å². The first kappa shape index (κ1) is 16.2. The molecule has 1 aromatic carbocycles. The molecule has 2 heterocycles. The Labute approximate surface area is 152 Å². The Morgan fingerprint density at radius 1 is 1.15 bits per heavy atom. The minimum absolute atomic E-state index is 0.141. The molecule has 0 atom stereocenters. The van der Waals surface area contributed by atoms with Crippen molar-refractivity contribution in [2.24, 2.45) is 0 Å². The number of pyridine rings is 1. The summed E-state index contributed by atoms with van der Waals surface area (Å²) in [5, 5.41) is 9.58. The minimum Gasteiger partial charge on any atom is -0.321 e. The fraction of sp³-hybridized carbons (Fsp3) is 0.182. The normalized spacial score (nSPS) is 13.0. The van der Waals surface area contributed by atoms with Gasteiger partial charge < -0.3 is 9.55 Å². The molecule has 0 bridgehead atoms. The second kappa shape index (κ2) is 6.53. The zero-order valence-electron chi connectivity index (χ0n) is 14.5. The molecule has 0 unspecified atom stereocenters. The highest BCUT2D eigenvalue weighted by atomic mass is 16.1. The molecule has 1 aliphatic rings. The fourth-order valence-corrected chi connectivity index (χ4v) is 3.79. The van der Waals surface area contributed by atoms with Gasteiger partial charge in [0.1, 0.15) is 11.6 Å². The maximum Gasteiger partial charge on any atom is 0.267 e. The van der Waals surface area contributed by atoms with Gasteiger partial charge in [0.2, 0.25) is 0 Å². The Balaban J connectivity index is 1.99. The topological polar surface area (TPSA) is 61.6 Å². The van der Waals surface area contributed by atoms with Crippen molar-refractivity contribution in [3.63, 3.8) is 0 Å². The Morgan fingerprint density at radius 3 is 2.65 bits per heavy atom. The number of rotatable bonds is 3. The Morgan fingerprint density at radius 2 is 1.92 bits per heavy atom. The molecule has 4 heteroatoms. The number of nitrogens with one attached hydrogen (secondary N) is 1. The van der Waals surface area contributed by atoms with E-state index in [1.165, 1.54) is 17.7 Å². The number of fused-ring (bicyclic) bond motifs is 1. The molecule has 0 saturated heterocycles. The third-order valence-electron chi connectivity index (χ3n) is 5.03. The van der Waals surface area contributed by atoms with Crippen LogP contribution in [-0.4, -0.2) is 9.55 Å². The molecular weight excluding hydrogens is 322 g/mol.